The lowest BCUT2D eigenvalue weighted by Gasteiger charge is -2.46. The van der Waals surface area contributed by atoms with Crippen molar-refractivity contribution < 1.29 is 4.79 Å². The average molecular weight is 384 g/mol. The molecule has 2 aromatic rings. The highest BCUT2D eigenvalue weighted by molar-refractivity contribution is 5.76. The van der Waals surface area contributed by atoms with Gasteiger partial charge in [0.05, 0.1) is 0 Å². The molecule has 4 heterocycles. The number of fused-ring (bicyclic) bond motifs is 1. The van der Waals surface area contributed by atoms with E-state index in [-0.39, 0.29) is 5.91 Å². The van der Waals surface area contributed by atoms with Crippen molar-refractivity contribution >= 4 is 17.4 Å². The fourth-order valence-corrected chi connectivity index (χ4v) is 4.61. The molecule has 0 aromatic carbocycles. The van der Waals surface area contributed by atoms with Gasteiger partial charge in [-0.15, -0.1) is 15.3 Å². The van der Waals surface area contributed by atoms with Gasteiger partial charge in [-0.2, -0.15) is 4.52 Å². The molecule has 8 heteroatoms. The molecule has 3 fully saturated rings. The summed E-state index contributed by atoms with van der Waals surface area (Å²) in [7, 11) is 4.13. The summed E-state index contributed by atoms with van der Waals surface area (Å²) < 4.78 is 1.95. The second-order valence-electron chi connectivity index (χ2n) is 8.82. The molecule has 1 amide bonds. The molecule has 1 saturated carbocycles. The lowest BCUT2D eigenvalue weighted by Crippen LogP contribution is -2.60. The minimum atomic E-state index is 0.283. The molecule has 8 nitrogen and oxygen atoms in total. The minimum absolute atomic E-state index is 0.283. The van der Waals surface area contributed by atoms with E-state index in [1.54, 1.807) is 0 Å². The molecule has 0 bridgehead atoms. The van der Waals surface area contributed by atoms with Gasteiger partial charge in [0.1, 0.15) is 5.82 Å². The highest BCUT2D eigenvalue weighted by atomic mass is 16.2. The molecule has 150 valence electrons. The van der Waals surface area contributed by atoms with Gasteiger partial charge in [-0.3, -0.25) is 9.69 Å². The maximum Gasteiger partial charge on any atom is 0.222 e. The Kier molecular flexibility index (Phi) is 4.45. The number of hydrogen-bond donors (Lipinski definition) is 0. The predicted octanol–water partition coefficient (Wildman–Crippen LogP) is 1.38. The maximum absolute atomic E-state index is 11.7. The van der Waals surface area contributed by atoms with Crippen LogP contribution in [-0.4, -0.2) is 81.8 Å². The van der Waals surface area contributed by atoms with Crippen molar-refractivity contribution in [1.82, 2.24) is 29.6 Å². The van der Waals surface area contributed by atoms with Gasteiger partial charge >= 0.3 is 0 Å². The van der Waals surface area contributed by atoms with E-state index in [4.69, 9.17) is 5.10 Å². The number of likely N-dealkylation sites (tertiary alicyclic amines) is 1. The van der Waals surface area contributed by atoms with Crippen molar-refractivity contribution in [2.24, 2.45) is 5.92 Å². The van der Waals surface area contributed by atoms with Crippen molar-refractivity contribution in [1.29, 1.82) is 0 Å². The molecule has 0 spiro atoms. The van der Waals surface area contributed by atoms with Crippen LogP contribution in [0.3, 0.4) is 0 Å². The van der Waals surface area contributed by atoms with E-state index >= 15 is 0 Å². The van der Waals surface area contributed by atoms with Gasteiger partial charge in [-0.25, -0.2) is 0 Å². The molecular weight excluding hydrogens is 354 g/mol. The molecular formula is C20H29N7O. The van der Waals surface area contributed by atoms with Crippen LogP contribution in [-0.2, 0) is 4.79 Å². The van der Waals surface area contributed by atoms with Crippen molar-refractivity contribution in [3.05, 3.63) is 18.0 Å². The van der Waals surface area contributed by atoms with Crippen LogP contribution in [0.5, 0.6) is 0 Å². The number of carbonyl (C=O) groups is 1. The molecule has 1 unspecified atom stereocenters. The van der Waals surface area contributed by atoms with E-state index < -0.39 is 0 Å². The van der Waals surface area contributed by atoms with Gasteiger partial charge in [0.2, 0.25) is 5.91 Å². The summed E-state index contributed by atoms with van der Waals surface area (Å²) in [5, 5.41) is 13.5. The van der Waals surface area contributed by atoms with Crippen LogP contribution in [0, 0.1) is 5.92 Å². The van der Waals surface area contributed by atoms with Crippen molar-refractivity contribution in [3.63, 3.8) is 0 Å². The van der Waals surface area contributed by atoms with Gasteiger partial charge in [0, 0.05) is 51.6 Å². The van der Waals surface area contributed by atoms with Crippen LogP contribution >= 0.6 is 0 Å². The highest BCUT2D eigenvalue weighted by Gasteiger charge is 2.34. The van der Waals surface area contributed by atoms with Gasteiger partial charge in [0.25, 0.3) is 0 Å². The number of nitrogens with zero attached hydrogens (tertiary/aromatic N) is 7. The lowest BCUT2D eigenvalue weighted by atomic mass is 9.85. The van der Waals surface area contributed by atoms with E-state index in [0.29, 0.717) is 24.3 Å². The van der Waals surface area contributed by atoms with Gasteiger partial charge in [0.15, 0.2) is 11.5 Å². The smallest absolute Gasteiger partial charge is 0.222 e. The Bertz CT molecular complexity index is 871. The van der Waals surface area contributed by atoms with Crippen LogP contribution in [0.1, 0.15) is 43.8 Å². The Morgan fingerprint density at radius 1 is 1.14 bits per heavy atom. The summed E-state index contributed by atoms with van der Waals surface area (Å²) >= 11 is 0. The molecule has 0 N–H and O–H groups in total. The molecule has 2 aliphatic heterocycles. The summed E-state index contributed by atoms with van der Waals surface area (Å²) in [6.45, 7) is 3.93. The topological polar surface area (TPSA) is 69.9 Å². The fraction of sp³-hybridized carbons (Fsp3) is 0.700. The van der Waals surface area contributed by atoms with Crippen LogP contribution in [0.2, 0.25) is 0 Å². The van der Waals surface area contributed by atoms with Crippen LogP contribution in [0.4, 0.5) is 5.82 Å². The zero-order valence-electron chi connectivity index (χ0n) is 16.8. The Balaban J connectivity index is 1.20. The minimum Gasteiger partial charge on any atom is -0.352 e. The monoisotopic (exact) mass is 383 g/mol. The lowest BCUT2D eigenvalue weighted by molar-refractivity contribution is -0.133. The molecule has 1 atom stereocenters. The number of amides is 1. The number of anilines is 1. The molecule has 0 radical (unpaired) electrons. The summed E-state index contributed by atoms with van der Waals surface area (Å²) in [6, 6.07) is 4.64. The molecule has 5 rings (SSSR count). The molecule has 3 aliphatic rings. The first-order chi connectivity index (χ1) is 13.6. The second kappa shape index (κ2) is 6.99. The number of rotatable bonds is 5. The van der Waals surface area contributed by atoms with Gasteiger partial charge in [-0.1, -0.05) is 6.42 Å². The zero-order valence-corrected chi connectivity index (χ0v) is 16.8. The zero-order chi connectivity index (χ0) is 19.3. The first-order valence-electron chi connectivity index (χ1n) is 10.5. The van der Waals surface area contributed by atoms with Crippen LogP contribution in [0.25, 0.3) is 5.65 Å². The average Bonchev–Trinajstić information content (AvgIpc) is 2.99. The number of likely N-dealkylation sites (N-methyl/N-ethyl adjacent to an activating group) is 1. The number of aromatic nitrogens is 4. The Morgan fingerprint density at radius 2 is 1.96 bits per heavy atom. The Morgan fingerprint density at radius 3 is 2.68 bits per heavy atom. The molecule has 2 saturated heterocycles. The quantitative estimate of drug-likeness (QED) is 0.777. The molecule has 1 aliphatic carbocycles. The van der Waals surface area contributed by atoms with Crippen molar-refractivity contribution in [3.8, 4) is 0 Å². The summed E-state index contributed by atoms with van der Waals surface area (Å²) in [6.07, 6.45) is 5.39. The van der Waals surface area contributed by atoms with E-state index in [1.807, 2.05) is 22.5 Å². The van der Waals surface area contributed by atoms with Crippen molar-refractivity contribution in [2.75, 3.05) is 45.2 Å². The first kappa shape index (κ1) is 17.8. The van der Waals surface area contributed by atoms with E-state index in [0.717, 1.165) is 49.9 Å². The fourth-order valence-electron chi connectivity index (χ4n) is 4.61. The highest BCUT2D eigenvalue weighted by Crippen LogP contribution is 2.35. The Hall–Kier alpha value is -2.22. The van der Waals surface area contributed by atoms with E-state index in [9.17, 15) is 4.79 Å². The maximum atomic E-state index is 11.7. The van der Waals surface area contributed by atoms with Crippen LogP contribution < -0.4 is 4.90 Å². The number of piperidine rings is 1. The third kappa shape index (κ3) is 3.13. The van der Waals surface area contributed by atoms with E-state index in [2.05, 4.69) is 33.1 Å². The number of carbonyl (C=O) groups excluding carboxylic acids is 1. The van der Waals surface area contributed by atoms with Crippen LogP contribution in [0.15, 0.2) is 12.1 Å². The van der Waals surface area contributed by atoms with Gasteiger partial charge < -0.3 is 9.80 Å². The second-order valence-corrected chi connectivity index (χ2v) is 8.82. The largest absolute Gasteiger partial charge is 0.352 e. The van der Waals surface area contributed by atoms with Gasteiger partial charge in [-0.05, 0) is 44.4 Å². The first-order valence-corrected chi connectivity index (χ1v) is 10.5. The number of hydrogen-bond acceptors (Lipinski definition) is 6. The summed E-state index contributed by atoms with van der Waals surface area (Å²) in [4.78, 5) is 18.4. The summed E-state index contributed by atoms with van der Waals surface area (Å²) in [5.74, 6) is 3.42. The molecule has 28 heavy (non-hydrogen) atoms. The SMILES string of the molecule is CN1CC(CN(C)C2CN(c3ccc4nnc(C5CCC5)n4n3)C2)CCC1=O. The summed E-state index contributed by atoms with van der Waals surface area (Å²) in [5.41, 5.74) is 0.843. The molecule has 2 aromatic heterocycles. The van der Waals surface area contributed by atoms with E-state index in [1.165, 1.54) is 19.3 Å². The predicted molar refractivity (Wildman–Crippen MR) is 106 cm³/mol. The standard InChI is InChI=1S/C20H29N7O/c1-24(10-14-6-9-19(28)25(2)11-14)16-12-26(13-16)18-8-7-17-21-22-20(27(17)23-18)15-4-3-5-15/h7-8,14-16H,3-6,9-13H2,1-2H3. The Labute approximate surface area is 165 Å². The van der Waals surface area contributed by atoms with Crippen molar-refractivity contribution in [2.45, 2.75) is 44.1 Å². The normalized spacial score (nSPS) is 24.1. The third-order valence-corrected chi connectivity index (χ3v) is 6.82. The third-order valence-electron chi connectivity index (χ3n) is 6.82.